The second-order valence-electron chi connectivity index (χ2n) is 22.7. The Hall–Kier alpha value is -3.85. The molecule has 3 unspecified atom stereocenters. The van der Waals surface area contributed by atoms with Crippen LogP contribution in [-0.2, 0) is 61.6 Å². The highest BCUT2D eigenvalue weighted by atomic mass is 16.8. The van der Waals surface area contributed by atoms with Gasteiger partial charge >= 0.3 is 17.9 Å². The molecule has 10 rings (SSSR count). The van der Waals surface area contributed by atoms with Crippen LogP contribution in [0, 0.1) is 11.3 Å². The molecule has 0 radical (unpaired) electrons. The van der Waals surface area contributed by atoms with Crippen molar-refractivity contribution >= 4 is 17.9 Å². The van der Waals surface area contributed by atoms with Crippen LogP contribution in [0.25, 0.3) is 0 Å². The van der Waals surface area contributed by atoms with Gasteiger partial charge in [-0.15, -0.1) is 0 Å². The number of carbonyl (C=O) groups is 3. The second kappa shape index (κ2) is 24.4. The molecule has 17 heteroatoms. The Morgan fingerprint density at radius 2 is 1.43 bits per heavy atom. The Morgan fingerprint density at radius 1 is 0.733 bits per heavy atom. The first-order valence-electron chi connectivity index (χ1n) is 27.4. The van der Waals surface area contributed by atoms with E-state index in [-0.39, 0.29) is 105 Å². The van der Waals surface area contributed by atoms with E-state index in [0.29, 0.717) is 36.8 Å². The largest absolute Gasteiger partial charge is 0.459 e. The van der Waals surface area contributed by atoms with E-state index in [0.717, 1.165) is 44.1 Å². The molecule has 0 aliphatic carbocycles. The van der Waals surface area contributed by atoms with Crippen molar-refractivity contribution in [3.05, 3.63) is 82.9 Å². The van der Waals surface area contributed by atoms with Crippen LogP contribution in [0.4, 0.5) is 0 Å². The molecule has 75 heavy (non-hydrogen) atoms. The van der Waals surface area contributed by atoms with Crippen LogP contribution in [0.5, 0.6) is 0 Å². The van der Waals surface area contributed by atoms with Gasteiger partial charge in [0, 0.05) is 39.4 Å². The van der Waals surface area contributed by atoms with Gasteiger partial charge in [-0.05, 0) is 100.0 Å². The summed E-state index contributed by atoms with van der Waals surface area (Å²) in [6.45, 7) is 10.5. The lowest BCUT2D eigenvalue weighted by Crippen LogP contribution is -2.62. The van der Waals surface area contributed by atoms with E-state index in [4.69, 9.17) is 56.8 Å². The van der Waals surface area contributed by atoms with Crippen LogP contribution in [0.2, 0.25) is 0 Å². The Kier molecular flexibility index (Phi) is 18.2. The minimum atomic E-state index is -1.21. The molecule has 7 saturated heterocycles. The normalized spacial score (nSPS) is 34.5. The number of methoxy groups -OCH3 is 2. The third-order valence-corrected chi connectivity index (χ3v) is 16.9. The average molecular weight is 1050 g/mol. The van der Waals surface area contributed by atoms with Crippen LogP contribution in [0.15, 0.2) is 71.8 Å². The van der Waals surface area contributed by atoms with Crippen molar-refractivity contribution in [3.63, 3.8) is 0 Å². The van der Waals surface area contributed by atoms with E-state index in [9.17, 15) is 24.6 Å². The lowest BCUT2D eigenvalue weighted by molar-refractivity contribution is -0.294. The highest BCUT2D eigenvalue weighted by molar-refractivity contribution is 5.90. The zero-order valence-electron chi connectivity index (χ0n) is 44.7. The number of ether oxygens (including phenoxy) is 12. The summed E-state index contributed by atoms with van der Waals surface area (Å²) >= 11 is 0. The molecule has 8 aliphatic heterocycles. The molecule has 2 N–H and O–H groups in total. The molecular weight excluding hydrogens is 969 g/mol. The standard InChI is InChI=1S/C58H80O17/c1-8-44-41(31-66-48(61)32-64-6)33(2)25-37(68-44)20-22-47-57(4,5)28-39(69-47)23-24-58-29-46-51(74-58)52-53(73-46)54(75-58)50-45(72-52)21-19-38(70-50)26-42(59)34(3)49(65-7)43(60)27-40(71-56(63)36-17-13-10-14-18-36)30-67-55(62)35-15-11-9-12-16-35/h9-18,34,37-40,42-47,49-54,59-60H,8,19-32H2,1-7H3/t34?,37-,38+,39-,40-,42?,43+,44+,45-,46+,47?,49+,50-,51-,52-,53+,54-,58-/m0/s1. The molecule has 0 saturated carbocycles. The van der Waals surface area contributed by atoms with Gasteiger partial charge < -0.3 is 67.1 Å². The summed E-state index contributed by atoms with van der Waals surface area (Å²) in [6.07, 6.45) is 1.27. The van der Waals surface area contributed by atoms with Gasteiger partial charge in [-0.1, -0.05) is 69.7 Å². The second-order valence-corrected chi connectivity index (χ2v) is 22.7. The predicted molar refractivity (Wildman–Crippen MR) is 271 cm³/mol. The van der Waals surface area contributed by atoms with Crippen LogP contribution in [0.3, 0.4) is 0 Å². The highest BCUT2D eigenvalue weighted by Gasteiger charge is 2.69. The lowest BCUT2D eigenvalue weighted by Gasteiger charge is -2.48. The van der Waals surface area contributed by atoms with Gasteiger partial charge in [0.2, 0.25) is 0 Å². The average Bonchev–Trinajstić information content (AvgIpc) is 4.00. The van der Waals surface area contributed by atoms with E-state index in [1.807, 2.05) is 6.92 Å². The topological polar surface area (TPSA) is 202 Å². The Balaban J connectivity index is 0.783. The quantitative estimate of drug-likeness (QED) is 0.0617. The summed E-state index contributed by atoms with van der Waals surface area (Å²) in [5, 5.41) is 23.5. The van der Waals surface area contributed by atoms with Gasteiger partial charge in [-0.2, -0.15) is 0 Å². The monoisotopic (exact) mass is 1050 g/mol. The van der Waals surface area contributed by atoms with Crippen molar-refractivity contribution in [3.8, 4) is 0 Å². The molecule has 6 bridgehead atoms. The number of aliphatic hydroxyl groups is 2. The molecule has 18 atom stereocenters. The molecule has 8 heterocycles. The molecule has 2 aromatic carbocycles. The Bertz CT molecular complexity index is 2260. The molecule has 414 valence electrons. The lowest BCUT2D eigenvalue weighted by atomic mass is 9.80. The van der Waals surface area contributed by atoms with Crippen LogP contribution in [0.1, 0.15) is 132 Å². The molecule has 0 aromatic heterocycles. The van der Waals surface area contributed by atoms with E-state index < -0.39 is 60.3 Å². The summed E-state index contributed by atoms with van der Waals surface area (Å²) in [7, 11) is 2.94. The summed E-state index contributed by atoms with van der Waals surface area (Å²) in [6, 6.07) is 16.9. The first kappa shape index (κ1) is 55.9. The van der Waals surface area contributed by atoms with Crippen LogP contribution in [-0.4, -0.2) is 166 Å². The molecule has 7 fully saturated rings. The third kappa shape index (κ3) is 12.9. The fourth-order valence-corrected chi connectivity index (χ4v) is 12.9. The highest BCUT2D eigenvalue weighted by Crippen LogP contribution is 2.55. The number of fused-ring (bicyclic) bond motifs is 1. The summed E-state index contributed by atoms with van der Waals surface area (Å²) in [4.78, 5) is 38.1. The number of aliphatic hydroxyl groups excluding tert-OH is 2. The zero-order chi connectivity index (χ0) is 53.0. The van der Waals surface area contributed by atoms with Gasteiger partial charge in [0.1, 0.15) is 56.4 Å². The Morgan fingerprint density at radius 3 is 2.13 bits per heavy atom. The molecule has 8 aliphatic rings. The maximum Gasteiger partial charge on any atom is 0.338 e. The van der Waals surface area contributed by atoms with Gasteiger partial charge in [-0.3, -0.25) is 0 Å². The van der Waals surface area contributed by atoms with E-state index in [2.05, 4.69) is 27.7 Å². The number of hydrogen-bond donors (Lipinski definition) is 2. The van der Waals surface area contributed by atoms with Crippen LogP contribution >= 0.6 is 0 Å². The smallest absolute Gasteiger partial charge is 0.338 e. The van der Waals surface area contributed by atoms with Crippen molar-refractivity contribution in [2.75, 3.05) is 34.0 Å². The summed E-state index contributed by atoms with van der Waals surface area (Å²) in [5.74, 6) is -3.06. The molecule has 2 aromatic rings. The van der Waals surface area contributed by atoms with Gasteiger partial charge in [-0.25, -0.2) is 14.4 Å². The maximum atomic E-state index is 13.2. The van der Waals surface area contributed by atoms with Gasteiger partial charge in [0.15, 0.2) is 5.79 Å². The summed E-state index contributed by atoms with van der Waals surface area (Å²) < 4.78 is 75.3. The fraction of sp³-hybridized carbons (Fsp3) is 0.707. The molecule has 0 amide bonds. The third-order valence-electron chi connectivity index (χ3n) is 16.9. The van der Waals surface area contributed by atoms with E-state index in [1.54, 1.807) is 60.7 Å². The minimum Gasteiger partial charge on any atom is -0.459 e. The van der Waals surface area contributed by atoms with Crippen molar-refractivity contribution in [1.29, 1.82) is 0 Å². The predicted octanol–water partition coefficient (Wildman–Crippen LogP) is 7.01. The SMILES string of the molecule is CC[C@H]1O[C@@H](CCC2O[C@@H](CC[C@@]34C[C@H]5O[C@H]6[C@@H](O3)[C@H]3O[C@@H](CC(O)C(C)[C@@H](OC)[C@H](O)C[C@@H](COC(=O)c7ccccc7)OC(=O)c7ccccc7)CC[C@@H]3O[C@H]6[C@H]5O4)CC2(C)C)CC(C)=C1COC(=O)COC. The Labute approximate surface area is 441 Å². The first-order valence-corrected chi connectivity index (χ1v) is 27.4. The van der Waals surface area contributed by atoms with E-state index in [1.165, 1.54) is 19.8 Å². The zero-order valence-corrected chi connectivity index (χ0v) is 44.7. The minimum absolute atomic E-state index is 0.0273. The number of carbonyl (C=O) groups excluding carboxylic acids is 3. The van der Waals surface area contributed by atoms with Crippen molar-refractivity contribution in [2.45, 2.75) is 215 Å². The number of rotatable bonds is 24. The number of benzene rings is 2. The van der Waals surface area contributed by atoms with Crippen molar-refractivity contribution in [2.24, 2.45) is 11.3 Å². The molecule has 0 spiro atoms. The van der Waals surface area contributed by atoms with Gasteiger partial charge in [0.05, 0.1) is 72.2 Å². The number of hydrogen-bond acceptors (Lipinski definition) is 17. The molecular formula is C58H80O17. The molecule has 17 nitrogen and oxygen atoms in total. The van der Waals surface area contributed by atoms with Crippen molar-refractivity contribution in [1.82, 2.24) is 0 Å². The fourth-order valence-electron chi connectivity index (χ4n) is 12.9. The van der Waals surface area contributed by atoms with Crippen molar-refractivity contribution < 1.29 is 81.4 Å². The van der Waals surface area contributed by atoms with E-state index >= 15 is 0 Å². The van der Waals surface area contributed by atoms with Crippen LogP contribution < -0.4 is 0 Å². The first-order chi connectivity index (χ1) is 36.1. The number of esters is 3. The summed E-state index contributed by atoms with van der Waals surface area (Å²) in [5.41, 5.74) is 2.88. The maximum absolute atomic E-state index is 13.2. The van der Waals surface area contributed by atoms with Gasteiger partial charge in [0.25, 0.3) is 0 Å².